The number of nitrogens with two attached hydrogens (primary N) is 1. The lowest BCUT2D eigenvalue weighted by Crippen LogP contribution is -2.14. The number of anilines is 2. The third kappa shape index (κ3) is 4.46. The summed E-state index contributed by atoms with van der Waals surface area (Å²) >= 11 is 12.5. The molecule has 12 heteroatoms. The van der Waals surface area contributed by atoms with Crippen LogP contribution < -0.4 is 15.8 Å². The molecule has 1 aromatic heterocycles. The number of aromatic nitrogens is 2. The first-order valence-corrected chi connectivity index (χ1v) is 10.3. The van der Waals surface area contributed by atoms with Crippen LogP contribution in [0.15, 0.2) is 48.5 Å². The van der Waals surface area contributed by atoms with Crippen molar-refractivity contribution in [3.05, 3.63) is 75.5 Å². The lowest BCUT2D eigenvalue weighted by Gasteiger charge is -2.16. The summed E-state index contributed by atoms with van der Waals surface area (Å²) in [5, 5.41) is 6.95. The van der Waals surface area contributed by atoms with Crippen molar-refractivity contribution in [2.24, 2.45) is 7.05 Å². The Kier molecular flexibility index (Phi) is 6.05. The first-order chi connectivity index (χ1) is 16.0. The summed E-state index contributed by atoms with van der Waals surface area (Å²) in [6.45, 7) is 0. The van der Waals surface area contributed by atoms with Gasteiger partial charge in [0.25, 0.3) is 5.91 Å². The molecule has 4 rings (SSSR count). The molecule has 0 radical (unpaired) electrons. The molecule has 1 heterocycles. The van der Waals surface area contributed by atoms with E-state index in [1.54, 1.807) is 7.05 Å². The molecule has 1 amide bonds. The first-order valence-electron chi connectivity index (χ1n) is 9.52. The molecule has 4 aromatic rings. The number of rotatable bonds is 4. The smallest absolute Gasteiger partial charge is 0.416 e. The highest BCUT2D eigenvalue weighted by Gasteiger charge is 2.31. The minimum absolute atomic E-state index is 0.0166. The Labute approximate surface area is 199 Å². The number of halogens is 6. The Morgan fingerprint density at radius 3 is 2.56 bits per heavy atom. The van der Waals surface area contributed by atoms with Gasteiger partial charge >= 0.3 is 6.18 Å². The zero-order valence-corrected chi connectivity index (χ0v) is 18.7. The molecule has 0 atom stereocenters. The molecular weight excluding hydrogens is 499 g/mol. The monoisotopic (exact) mass is 512 g/mol. The maximum absolute atomic E-state index is 13.8. The molecule has 6 nitrogen and oxygen atoms in total. The average Bonchev–Trinajstić information content (AvgIpc) is 3.07. The van der Waals surface area contributed by atoms with Gasteiger partial charge in [0.05, 0.1) is 32.2 Å². The van der Waals surface area contributed by atoms with Gasteiger partial charge in [-0.05, 0) is 36.4 Å². The number of hydrogen-bond acceptors (Lipinski definition) is 4. The topological polar surface area (TPSA) is 82.2 Å². The molecular formula is C22H14Cl2F4N4O2. The number of benzene rings is 3. The van der Waals surface area contributed by atoms with Crippen LogP contribution in [0.1, 0.15) is 15.9 Å². The van der Waals surface area contributed by atoms with Crippen molar-refractivity contribution in [3.8, 4) is 11.5 Å². The number of carbonyl (C=O) groups is 1. The summed E-state index contributed by atoms with van der Waals surface area (Å²) in [6, 6.07) is 8.61. The maximum atomic E-state index is 13.8. The fourth-order valence-electron chi connectivity index (χ4n) is 3.33. The number of nitrogen functional groups attached to an aromatic ring is 1. The van der Waals surface area contributed by atoms with Gasteiger partial charge in [-0.3, -0.25) is 9.48 Å². The minimum Gasteiger partial charge on any atom is -0.453 e. The van der Waals surface area contributed by atoms with Crippen LogP contribution in [-0.4, -0.2) is 15.7 Å². The molecule has 3 aromatic carbocycles. The number of alkyl halides is 3. The van der Waals surface area contributed by atoms with Crippen LogP contribution in [0.4, 0.5) is 29.1 Å². The van der Waals surface area contributed by atoms with E-state index in [1.165, 1.54) is 22.9 Å². The third-order valence-electron chi connectivity index (χ3n) is 4.85. The molecule has 0 aliphatic rings. The van der Waals surface area contributed by atoms with Gasteiger partial charge in [-0.15, -0.1) is 0 Å². The summed E-state index contributed by atoms with van der Waals surface area (Å²) in [5.74, 6) is -1.70. The standard InChI is InChI=1S/C22H14Cl2F4N4O2/c1-32-18-14(24)9-15(30-21(33)10-3-2-4-11(7-10)22(26,27)28)19(17(18)20(29)31-32)34-16-8-12(25)5-6-13(16)23/h2-9H,1H3,(H2,29,31)(H,30,33). The van der Waals surface area contributed by atoms with E-state index < -0.39 is 23.5 Å². The van der Waals surface area contributed by atoms with E-state index in [2.05, 4.69) is 10.4 Å². The Balaban J connectivity index is 1.84. The van der Waals surface area contributed by atoms with Gasteiger partial charge in [0.15, 0.2) is 11.6 Å². The van der Waals surface area contributed by atoms with Gasteiger partial charge in [-0.25, -0.2) is 4.39 Å². The molecule has 0 aliphatic heterocycles. The molecule has 3 N–H and O–H groups in total. The quantitative estimate of drug-likeness (QED) is 0.299. The predicted molar refractivity (Wildman–Crippen MR) is 121 cm³/mol. The first kappa shape index (κ1) is 23.7. The molecule has 0 aliphatic carbocycles. The number of nitrogens with one attached hydrogen (secondary N) is 1. The zero-order chi connectivity index (χ0) is 24.8. The molecule has 0 spiro atoms. The van der Waals surface area contributed by atoms with E-state index in [0.29, 0.717) is 11.6 Å². The number of aryl methyl sites for hydroxylation is 1. The van der Waals surface area contributed by atoms with E-state index in [9.17, 15) is 22.4 Å². The van der Waals surface area contributed by atoms with E-state index in [1.807, 2.05) is 0 Å². The number of nitrogens with zero attached hydrogens (tertiary/aromatic N) is 2. The Morgan fingerprint density at radius 2 is 1.85 bits per heavy atom. The summed E-state index contributed by atoms with van der Waals surface area (Å²) < 4.78 is 60.3. The largest absolute Gasteiger partial charge is 0.453 e. The molecule has 34 heavy (non-hydrogen) atoms. The molecule has 0 saturated carbocycles. The van der Waals surface area contributed by atoms with Crippen LogP contribution in [-0.2, 0) is 13.2 Å². The second kappa shape index (κ2) is 8.69. The van der Waals surface area contributed by atoms with Gasteiger partial charge in [-0.2, -0.15) is 18.3 Å². The summed E-state index contributed by atoms with van der Waals surface area (Å²) in [7, 11) is 1.57. The van der Waals surface area contributed by atoms with Gasteiger partial charge in [0, 0.05) is 18.7 Å². The van der Waals surface area contributed by atoms with E-state index in [4.69, 9.17) is 33.7 Å². The van der Waals surface area contributed by atoms with Gasteiger partial charge in [0.1, 0.15) is 11.6 Å². The number of carbonyl (C=O) groups excluding carboxylic acids is 1. The van der Waals surface area contributed by atoms with Crippen molar-refractivity contribution in [2.45, 2.75) is 6.18 Å². The third-order valence-corrected chi connectivity index (χ3v) is 5.45. The molecule has 176 valence electrons. The van der Waals surface area contributed by atoms with E-state index >= 15 is 0 Å². The predicted octanol–water partition coefficient (Wildman–Crippen LogP) is 6.66. The Bertz CT molecular complexity index is 1440. The van der Waals surface area contributed by atoms with Crippen LogP contribution in [0, 0.1) is 5.82 Å². The van der Waals surface area contributed by atoms with Crippen molar-refractivity contribution < 1.29 is 27.1 Å². The average molecular weight is 513 g/mol. The van der Waals surface area contributed by atoms with Gasteiger partial charge in [-0.1, -0.05) is 29.3 Å². The van der Waals surface area contributed by atoms with Crippen molar-refractivity contribution in [2.75, 3.05) is 11.1 Å². The number of fused-ring (bicyclic) bond motifs is 1. The van der Waals surface area contributed by atoms with E-state index in [-0.39, 0.29) is 44.0 Å². The van der Waals surface area contributed by atoms with Gasteiger partial charge < -0.3 is 15.8 Å². The van der Waals surface area contributed by atoms with Crippen molar-refractivity contribution >= 4 is 51.5 Å². The maximum Gasteiger partial charge on any atom is 0.416 e. The summed E-state index contributed by atoms with van der Waals surface area (Å²) in [5.41, 5.74) is 5.08. The lowest BCUT2D eigenvalue weighted by atomic mass is 10.1. The van der Waals surface area contributed by atoms with Crippen molar-refractivity contribution in [1.29, 1.82) is 0 Å². The van der Waals surface area contributed by atoms with Crippen LogP contribution in [0.3, 0.4) is 0 Å². The molecule has 0 bridgehead atoms. The van der Waals surface area contributed by atoms with Crippen LogP contribution in [0.5, 0.6) is 11.5 Å². The number of ether oxygens (including phenoxy) is 1. The fourth-order valence-corrected chi connectivity index (χ4v) is 3.82. The number of hydrogen-bond donors (Lipinski definition) is 2. The fraction of sp³-hybridized carbons (Fsp3) is 0.0909. The normalized spacial score (nSPS) is 11.6. The molecule has 0 saturated heterocycles. The van der Waals surface area contributed by atoms with Crippen LogP contribution in [0.2, 0.25) is 10.0 Å². The zero-order valence-electron chi connectivity index (χ0n) is 17.2. The van der Waals surface area contributed by atoms with Gasteiger partial charge in [0.2, 0.25) is 0 Å². The minimum atomic E-state index is -4.63. The SMILES string of the molecule is Cn1nc(N)c2c(Oc3cc(F)ccc3Cl)c(NC(=O)c3cccc(C(F)(F)F)c3)cc(Cl)c21. The summed E-state index contributed by atoms with van der Waals surface area (Å²) in [6.07, 6.45) is -4.63. The van der Waals surface area contributed by atoms with E-state index in [0.717, 1.165) is 24.3 Å². The second-order valence-corrected chi connectivity index (χ2v) is 7.99. The Morgan fingerprint density at radius 1 is 1.12 bits per heavy atom. The Hall–Kier alpha value is -3.50. The molecule has 0 unspecified atom stereocenters. The highest BCUT2D eigenvalue weighted by molar-refractivity contribution is 6.36. The second-order valence-electron chi connectivity index (χ2n) is 7.18. The molecule has 0 fully saturated rings. The van der Waals surface area contributed by atoms with Crippen molar-refractivity contribution in [1.82, 2.24) is 9.78 Å². The summed E-state index contributed by atoms with van der Waals surface area (Å²) in [4.78, 5) is 12.8. The van der Waals surface area contributed by atoms with Crippen LogP contribution >= 0.6 is 23.2 Å². The van der Waals surface area contributed by atoms with Crippen LogP contribution in [0.25, 0.3) is 10.9 Å². The van der Waals surface area contributed by atoms with Crippen molar-refractivity contribution in [3.63, 3.8) is 0 Å². The lowest BCUT2D eigenvalue weighted by molar-refractivity contribution is -0.137. The highest BCUT2D eigenvalue weighted by Crippen LogP contribution is 2.45. The highest BCUT2D eigenvalue weighted by atomic mass is 35.5. The number of amides is 1.